The van der Waals surface area contributed by atoms with Crippen LogP contribution in [0.2, 0.25) is 0 Å². The maximum Gasteiger partial charge on any atom is 0.320 e. The van der Waals surface area contributed by atoms with Gasteiger partial charge in [-0.1, -0.05) is 6.92 Å². The van der Waals surface area contributed by atoms with E-state index in [1.807, 2.05) is 9.80 Å². The van der Waals surface area contributed by atoms with Gasteiger partial charge in [0.05, 0.1) is 0 Å². The van der Waals surface area contributed by atoms with Crippen molar-refractivity contribution in [1.29, 1.82) is 0 Å². The molecule has 2 aliphatic heterocycles. The van der Waals surface area contributed by atoms with E-state index < -0.39 is 0 Å². The van der Waals surface area contributed by atoms with Crippen molar-refractivity contribution in [3.8, 4) is 0 Å². The number of urea groups is 1. The van der Waals surface area contributed by atoms with Crippen LogP contribution in [0.5, 0.6) is 0 Å². The van der Waals surface area contributed by atoms with E-state index in [1.54, 1.807) is 0 Å². The standard InChI is InChI=1S/C13H25N3O/c1-11-5-8-16(10-12(11)9-14)13(17)15-6-3-2-4-7-15/h11-12H,2-10,14H2,1H3. The maximum absolute atomic E-state index is 12.3. The predicted octanol–water partition coefficient (Wildman–Crippen LogP) is 1.51. The number of hydrogen-bond acceptors (Lipinski definition) is 2. The van der Waals surface area contributed by atoms with E-state index in [0.717, 1.165) is 45.4 Å². The van der Waals surface area contributed by atoms with Crippen molar-refractivity contribution in [3.05, 3.63) is 0 Å². The summed E-state index contributed by atoms with van der Waals surface area (Å²) >= 11 is 0. The molecule has 4 nitrogen and oxygen atoms in total. The molecule has 0 aliphatic carbocycles. The molecule has 0 radical (unpaired) electrons. The van der Waals surface area contributed by atoms with Crippen molar-refractivity contribution in [1.82, 2.24) is 9.80 Å². The Bertz CT molecular complexity index is 263. The monoisotopic (exact) mass is 239 g/mol. The Morgan fingerprint density at radius 3 is 2.53 bits per heavy atom. The van der Waals surface area contributed by atoms with Gasteiger partial charge in [-0.25, -0.2) is 4.79 Å². The first-order valence-electron chi connectivity index (χ1n) is 6.96. The van der Waals surface area contributed by atoms with E-state index >= 15 is 0 Å². The Morgan fingerprint density at radius 1 is 1.18 bits per heavy atom. The third-order valence-electron chi connectivity index (χ3n) is 4.31. The highest BCUT2D eigenvalue weighted by Gasteiger charge is 2.30. The van der Waals surface area contributed by atoms with Crippen molar-refractivity contribution < 1.29 is 4.79 Å². The van der Waals surface area contributed by atoms with Gasteiger partial charge < -0.3 is 15.5 Å². The van der Waals surface area contributed by atoms with Gasteiger partial charge in [-0.2, -0.15) is 0 Å². The number of nitrogens with zero attached hydrogens (tertiary/aromatic N) is 2. The quantitative estimate of drug-likeness (QED) is 0.754. The molecule has 4 heteroatoms. The average molecular weight is 239 g/mol. The summed E-state index contributed by atoms with van der Waals surface area (Å²) < 4.78 is 0. The van der Waals surface area contributed by atoms with Crippen molar-refractivity contribution in [2.75, 3.05) is 32.7 Å². The fourth-order valence-electron chi connectivity index (χ4n) is 2.92. The predicted molar refractivity (Wildman–Crippen MR) is 68.7 cm³/mol. The van der Waals surface area contributed by atoms with Gasteiger partial charge in [-0.05, 0) is 44.1 Å². The molecule has 0 bridgehead atoms. The minimum Gasteiger partial charge on any atom is -0.330 e. The Hall–Kier alpha value is -0.770. The molecular formula is C13H25N3O. The van der Waals surface area contributed by atoms with Crippen LogP contribution in [0, 0.1) is 11.8 Å². The van der Waals surface area contributed by atoms with Crippen molar-refractivity contribution in [2.45, 2.75) is 32.6 Å². The minimum absolute atomic E-state index is 0.245. The zero-order valence-corrected chi connectivity index (χ0v) is 10.9. The lowest BCUT2D eigenvalue weighted by Gasteiger charge is -2.40. The van der Waals surface area contributed by atoms with Crippen molar-refractivity contribution in [2.24, 2.45) is 17.6 Å². The summed E-state index contributed by atoms with van der Waals surface area (Å²) in [6, 6.07) is 0.245. The first-order valence-corrected chi connectivity index (χ1v) is 6.96. The van der Waals surface area contributed by atoms with Crippen LogP contribution in [0.15, 0.2) is 0 Å². The molecule has 2 unspecified atom stereocenters. The Kier molecular flexibility index (Phi) is 4.26. The highest BCUT2D eigenvalue weighted by molar-refractivity contribution is 5.74. The SMILES string of the molecule is CC1CCN(C(=O)N2CCCCC2)CC1CN. The first kappa shape index (κ1) is 12.7. The zero-order valence-electron chi connectivity index (χ0n) is 10.9. The third-order valence-corrected chi connectivity index (χ3v) is 4.31. The molecule has 0 spiro atoms. The van der Waals surface area contributed by atoms with Gasteiger partial charge in [0, 0.05) is 26.2 Å². The number of piperidine rings is 2. The van der Waals surface area contributed by atoms with Gasteiger partial charge in [0.15, 0.2) is 0 Å². The lowest BCUT2D eigenvalue weighted by atomic mass is 9.87. The molecule has 0 saturated carbocycles. The number of carbonyl (C=O) groups excluding carboxylic acids is 1. The molecule has 2 heterocycles. The van der Waals surface area contributed by atoms with E-state index in [0.29, 0.717) is 18.4 Å². The molecule has 0 aromatic carbocycles. The van der Waals surface area contributed by atoms with E-state index in [9.17, 15) is 4.79 Å². The number of carbonyl (C=O) groups is 1. The minimum atomic E-state index is 0.245. The Labute approximate surface area is 104 Å². The highest BCUT2D eigenvalue weighted by Crippen LogP contribution is 2.23. The largest absolute Gasteiger partial charge is 0.330 e. The molecule has 2 fully saturated rings. The topological polar surface area (TPSA) is 49.6 Å². The summed E-state index contributed by atoms with van der Waals surface area (Å²) in [6.45, 7) is 6.60. The third kappa shape index (κ3) is 2.92. The number of hydrogen-bond donors (Lipinski definition) is 1. The lowest BCUT2D eigenvalue weighted by Crippen LogP contribution is -2.51. The first-order chi connectivity index (χ1) is 8.22. The highest BCUT2D eigenvalue weighted by atomic mass is 16.2. The van der Waals surface area contributed by atoms with Crippen LogP contribution in [0.3, 0.4) is 0 Å². The lowest BCUT2D eigenvalue weighted by molar-refractivity contribution is 0.105. The Balaban J connectivity index is 1.90. The van der Waals surface area contributed by atoms with Gasteiger partial charge >= 0.3 is 6.03 Å². The normalized spacial score (nSPS) is 30.5. The maximum atomic E-state index is 12.3. The summed E-state index contributed by atoms with van der Waals surface area (Å²) in [7, 11) is 0. The van der Waals surface area contributed by atoms with E-state index in [4.69, 9.17) is 5.73 Å². The number of nitrogens with two attached hydrogens (primary N) is 1. The number of likely N-dealkylation sites (tertiary alicyclic amines) is 2. The molecule has 2 atom stereocenters. The molecule has 17 heavy (non-hydrogen) atoms. The molecule has 2 rings (SSSR count). The number of amides is 2. The van der Waals surface area contributed by atoms with E-state index in [1.165, 1.54) is 6.42 Å². The summed E-state index contributed by atoms with van der Waals surface area (Å²) in [5.41, 5.74) is 5.78. The molecule has 2 aliphatic rings. The van der Waals surface area contributed by atoms with Gasteiger partial charge in [0.25, 0.3) is 0 Å². The van der Waals surface area contributed by atoms with Gasteiger partial charge in [-0.15, -0.1) is 0 Å². The van der Waals surface area contributed by atoms with E-state index in [2.05, 4.69) is 6.92 Å². The van der Waals surface area contributed by atoms with Gasteiger partial charge in [0.2, 0.25) is 0 Å². The van der Waals surface area contributed by atoms with Crippen LogP contribution in [-0.4, -0.2) is 48.6 Å². The fourth-order valence-corrected chi connectivity index (χ4v) is 2.92. The number of rotatable bonds is 1. The molecule has 2 N–H and O–H groups in total. The van der Waals surface area contributed by atoms with Crippen LogP contribution in [-0.2, 0) is 0 Å². The molecule has 0 aromatic rings. The van der Waals surface area contributed by atoms with Crippen LogP contribution < -0.4 is 5.73 Å². The summed E-state index contributed by atoms with van der Waals surface area (Å²) in [4.78, 5) is 16.4. The second kappa shape index (κ2) is 5.71. The van der Waals surface area contributed by atoms with Crippen LogP contribution in [0.1, 0.15) is 32.6 Å². The zero-order chi connectivity index (χ0) is 12.3. The second-order valence-electron chi connectivity index (χ2n) is 5.54. The van der Waals surface area contributed by atoms with Crippen molar-refractivity contribution >= 4 is 6.03 Å². The summed E-state index contributed by atoms with van der Waals surface area (Å²) in [5, 5.41) is 0. The van der Waals surface area contributed by atoms with E-state index in [-0.39, 0.29) is 6.03 Å². The molecule has 2 saturated heterocycles. The molecule has 0 aromatic heterocycles. The van der Waals surface area contributed by atoms with Crippen molar-refractivity contribution in [3.63, 3.8) is 0 Å². The van der Waals surface area contributed by atoms with Crippen LogP contribution in [0.25, 0.3) is 0 Å². The van der Waals surface area contributed by atoms with Gasteiger partial charge in [-0.3, -0.25) is 0 Å². The average Bonchev–Trinajstić information content (AvgIpc) is 2.39. The van der Waals surface area contributed by atoms with Crippen LogP contribution >= 0.6 is 0 Å². The molecule has 98 valence electrons. The fraction of sp³-hybridized carbons (Fsp3) is 0.923. The summed E-state index contributed by atoms with van der Waals surface area (Å²) in [5.74, 6) is 1.14. The van der Waals surface area contributed by atoms with Crippen LogP contribution in [0.4, 0.5) is 4.79 Å². The second-order valence-corrected chi connectivity index (χ2v) is 5.54. The Morgan fingerprint density at radius 2 is 1.88 bits per heavy atom. The smallest absolute Gasteiger partial charge is 0.320 e. The molecule has 2 amide bonds. The summed E-state index contributed by atoms with van der Waals surface area (Å²) in [6.07, 6.45) is 4.69. The van der Waals surface area contributed by atoms with Gasteiger partial charge in [0.1, 0.15) is 0 Å². The molecular weight excluding hydrogens is 214 g/mol.